The molecule has 0 saturated heterocycles. The Labute approximate surface area is 167 Å². The fourth-order valence-electron chi connectivity index (χ4n) is 3.20. The lowest BCUT2D eigenvalue weighted by Crippen LogP contribution is -2.13. The van der Waals surface area contributed by atoms with Gasteiger partial charge in [0.1, 0.15) is 17.1 Å². The number of aryl methyl sites for hydroxylation is 2. The highest BCUT2D eigenvalue weighted by molar-refractivity contribution is 5.80. The van der Waals surface area contributed by atoms with E-state index in [4.69, 9.17) is 14.8 Å². The lowest BCUT2D eigenvalue weighted by Gasteiger charge is -2.13. The number of ether oxygens (including phenoxy) is 1. The van der Waals surface area contributed by atoms with Crippen LogP contribution in [0.25, 0.3) is 22.4 Å². The van der Waals surface area contributed by atoms with Crippen molar-refractivity contribution in [2.24, 2.45) is 7.05 Å². The molecule has 9 nitrogen and oxygen atoms in total. The average molecular weight is 399 g/mol. The molecule has 0 aliphatic heterocycles. The van der Waals surface area contributed by atoms with Gasteiger partial charge in [0.15, 0.2) is 5.52 Å². The number of anilines is 1. The summed E-state index contributed by atoms with van der Waals surface area (Å²) in [6.07, 6.45) is 1.62. The number of aliphatic carboxylic acids is 1. The molecule has 0 unspecified atom stereocenters. The van der Waals surface area contributed by atoms with E-state index in [0.717, 1.165) is 18.5 Å². The van der Waals surface area contributed by atoms with Crippen LogP contribution >= 0.6 is 0 Å². The number of aromatic nitrogens is 4. The number of carbonyl (C=O) groups is 1. The Kier molecular flexibility index (Phi) is 6.16. The maximum Gasteiger partial charge on any atom is 0.305 e. The summed E-state index contributed by atoms with van der Waals surface area (Å²) < 4.78 is 7.28. The zero-order chi connectivity index (χ0) is 21.0. The van der Waals surface area contributed by atoms with Gasteiger partial charge >= 0.3 is 5.97 Å². The van der Waals surface area contributed by atoms with Crippen molar-refractivity contribution in [3.8, 4) is 17.1 Å². The van der Waals surface area contributed by atoms with Crippen LogP contribution in [0.4, 0.5) is 5.69 Å². The summed E-state index contributed by atoms with van der Waals surface area (Å²) in [6, 6.07) is 5.38. The number of hydrogen-bond acceptors (Lipinski definition) is 6. The zero-order valence-electron chi connectivity index (χ0n) is 16.8. The van der Waals surface area contributed by atoms with Crippen molar-refractivity contribution in [3.63, 3.8) is 0 Å². The third-order valence-corrected chi connectivity index (χ3v) is 4.45. The highest BCUT2D eigenvalue weighted by atomic mass is 16.5. The Hall–Kier alpha value is -3.36. The van der Waals surface area contributed by atoms with Crippen LogP contribution in [0.2, 0.25) is 0 Å². The van der Waals surface area contributed by atoms with E-state index in [0.29, 0.717) is 40.5 Å². The summed E-state index contributed by atoms with van der Waals surface area (Å²) in [4.78, 5) is 31.0. The molecule has 0 aliphatic carbocycles. The lowest BCUT2D eigenvalue weighted by molar-refractivity contribution is -0.136. The first kappa shape index (κ1) is 20.4. The molecule has 2 heterocycles. The molecule has 29 heavy (non-hydrogen) atoms. The Morgan fingerprint density at radius 2 is 2.14 bits per heavy atom. The average Bonchev–Trinajstić information content (AvgIpc) is 2.99. The second kappa shape index (κ2) is 8.76. The predicted molar refractivity (Wildman–Crippen MR) is 110 cm³/mol. The molecule has 9 heteroatoms. The summed E-state index contributed by atoms with van der Waals surface area (Å²) in [5.41, 5.74) is 2.87. The van der Waals surface area contributed by atoms with E-state index >= 15 is 0 Å². The molecule has 2 aromatic heterocycles. The molecule has 0 amide bonds. The first-order chi connectivity index (χ1) is 13.9. The zero-order valence-corrected chi connectivity index (χ0v) is 16.8. The number of nitrogens with one attached hydrogen (secondary N) is 2. The number of hydrogen-bond donors (Lipinski definition) is 3. The van der Waals surface area contributed by atoms with Gasteiger partial charge in [-0.2, -0.15) is 5.10 Å². The van der Waals surface area contributed by atoms with Gasteiger partial charge in [-0.25, -0.2) is 4.98 Å². The van der Waals surface area contributed by atoms with E-state index in [1.165, 1.54) is 0 Å². The molecule has 0 radical (unpaired) electrons. The van der Waals surface area contributed by atoms with Gasteiger partial charge in [-0.05, 0) is 31.5 Å². The van der Waals surface area contributed by atoms with E-state index in [9.17, 15) is 9.59 Å². The van der Waals surface area contributed by atoms with Gasteiger partial charge in [0.25, 0.3) is 5.56 Å². The maximum absolute atomic E-state index is 12.7. The molecule has 3 aromatic rings. The minimum Gasteiger partial charge on any atom is -0.493 e. The Bertz CT molecular complexity index is 1090. The third-order valence-electron chi connectivity index (χ3n) is 4.45. The monoisotopic (exact) mass is 399 g/mol. The van der Waals surface area contributed by atoms with Crippen molar-refractivity contribution in [3.05, 3.63) is 34.2 Å². The number of benzene rings is 1. The van der Waals surface area contributed by atoms with E-state index in [1.807, 2.05) is 13.8 Å². The quantitative estimate of drug-likeness (QED) is 0.505. The maximum atomic E-state index is 12.7. The van der Waals surface area contributed by atoms with Crippen molar-refractivity contribution in [2.75, 3.05) is 18.5 Å². The number of rotatable bonds is 9. The van der Waals surface area contributed by atoms with Gasteiger partial charge in [-0.1, -0.05) is 13.3 Å². The minimum atomic E-state index is -0.875. The largest absolute Gasteiger partial charge is 0.493 e. The second-order valence-electron chi connectivity index (χ2n) is 6.65. The summed E-state index contributed by atoms with van der Waals surface area (Å²) in [5, 5.41) is 16.3. The fraction of sp³-hybridized carbons (Fsp3) is 0.400. The second-order valence-corrected chi connectivity index (χ2v) is 6.65. The van der Waals surface area contributed by atoms with Crippen molar-refractivity contribution >= 4 is 22.7 Å². The van der Waals surface area contributed by atoms with E-state index < -0.39 is 5.97 Å². The van der Waals surface area contributed by atoms with Gasteiger partial charge in [-0.3, -0.25) is 14.3 Å². The van der Waals surface area contributed by atoms with Crippen molar-refractivity contribution in [2.45, 2.75) is 33.1 Å². The highest BCUT2D eigenvalue weighted by Gasteiger charge is 2.17. The first-order valence-corrected chi connectivity index (χ1v) is 9.63. The van der Waals surface area contributed by atoms with Crippen LogP contribution in [0.3, 0.4) is 0 Å². The van der Waals surface area contributed by atoms with Crippen molar-refractivity contribution in [1.29, 1.82) is 0 Å². The van der Waals surface area contributed by atoms with Gasteiger partial charge < -0.3 is 20.1 Å². The molecule has 154 valence electrons. The Morgan fingerprint density at radius 3 is 2.83 bits per heavy atom. The summed E-state index contributed by atoms with van der Waals surface area (Å²) in [5.74, 6) is 0.0954. The minimum absolute atomic E-state index is 0.000348. The molecule has 3 rings (SSSR count). The topological polar surface area (TPSA) is 122 Å². The van der Waals surface area contributed by atoms with E-state index in [2.05, 4.69) is 15.4 Å². The predicted octanol–water partition coefficient (Wildman–Crippen LogP) is 2.56. The van der Waals surface area contributed by atoms with Gasteiger partial charge in [0.05, 0.1) is 24.3 Å². The van der Waals surface area contributed by atoms with Gasteiger partial charge in [0.2, 0.25) is 0 Å². The lowest BCUT2D eigenvalue weighted by atomic mass is 10.1. The molecule has 0 bridgehead atoms. The van der Waals surface area contributed by atoms with Crippen LogP contribution in [0.1, 0.15) is 32.4 Å². The summed E-state index contributed by atoms with van der Waals surface area (Å²) in [6.45, 7) is 4.67. The van der Waals surface area contributed by atoms with Crippen LogP contribution in [0.15, 0.2) is 23.0 Å². The summed E-state index contributed by atoms with van der Waals surface area (Å²) in [7, 11) is 1.73. The molecular weight excluding hydrogens is 374 g/mol. The molecule has 0 saturated carbocycles. The van der Waals surface area contributed by atoms with Crippen LogP contribution in [-0.4, -0.2) is 44.0 Å². The SMILES string of the molecule is CCCc1nn(C)c2c(=O)[nH]c(-c3cc(NCCC(=O)O)ccc3OCC)nc12. The van der Waals surface area contributed by atoms with Gasteiger partial charge in [0, 0.05) is 19.3 Å². The molecular formula is C20H25N5O4. The Morgan fingerprint density at radius 1 is 1.34 bits per heavy atom. The van der Waals surface area contributed by atoms with Crippen LogP contribution in [0, 0.1) is 0 Å². The third kappa shape index (κ3) is 4.39. The highest BCUT2D eigenvalue weighted by Crippen LogP contribution is 2.31. The number of carboxylic acids is 1. The van der Waals surface area contributed by atoms with Crippen LogP contribution in [0.5, 0.6) is 5.75 Å². The van der Waals surface area contributed by atoms with Gasteiger partial charge in [-0.15, -0.1) is 0 Å². The molecule has 0 atom stereocenters. The number of nitrogens with zero attached hydrogens (tertiary/aromatic N) is 3. The summed E-state index contributed by atoms with van der Waals surface area (Å²) >= 11 is 0. The first-order valence-electron chi connectivity index (χ1n) is 9.63. The fourth-order valence-corrected chi connectivity index (χ4v) is 3.20. The molecule has 1 aromatic carbocycles. The smallest absolute Gasteiger partial charge is 0.305 e. The molecule has 0 spiro atoms. The number of aromatic amines is 1. The number of fused-ring (bicyclic) bond motifs is 1. The van der Waals surface area contributed by atoms with E-state index in [1.54, 1.807) is 29.9 Å². The normalized spacial score (nSPS) is 11.0. The Balaban J connectivity index is 2.09. The van der Waals surface area contributed by atoms with Crippen LogP contribution in [-0.2, 0) is 18.3 Å². The number of H-pyrrole nitrogens is 1. The van der Waals surface area contributed by atoms with Crippen LogP contribution < -0.4 is 15.6 Å². The standard InChI is InChI=1S/C20H25N5O4/c1-4-6-14-17-18(25(3)24-14)20(28)23-19(22-17)13-11-12(21-10-9-16(26)27)7-8-15(13)29-5-2/h7-8,11,21H,4-6,9-10H2,1-3H3,(H,26,27)(H,22,23,28). The number of carboxylic acid groups (broad SMARTS) is 1. The van der Waals surface area contributed by atoms with E-state index in [-0.39, 0.29) is 18.5 Å². The molecule has 0 fully saturated rings. The van der Waals surface area contributed by atoms with Crippen molar-refractivity contribution < 1.29 is 14.6 Å². The molecule has 0 aliphatic rings. The van der Waals surface area contributed by atoms with Crippen molar-refractivity contribution in [1.82, 2.24) is 19.7 Å². The molecule has 3 N–H and O–H groups in total.